The minimum absolute atomic E-state index is 0.243. The highest BCUT2D eigenvalue weighted by molar-refractivity contribution is 7.10. The highest BCUT2D eigenvalue weighted by Crippen LogP contribution is 2.29. The molecule has 0 radical (unpaired) electrons. The highest BCUT2D eigenvalue weighted by atomic mass is 35.5. The predicted octanol–water partition coefficient (Wildman–Crippen LogP) is 3.80. The largest absolute Gasteiger partial charge is 0.416 e. The molecule has 0 spiro atoms. The fourth-order valence-electron chi connectivity index (χ4n) is 1.34. The zero-order chi connectivity index (χ0) is 12.5. The fourth-order valence-corrected chi connectivity index (χ4v) is 1.98. The van der Waals surface area contributed by atoms with Crippen molar-refractivity contribution in [3.63, 3.8) is 0 Å². The van der Waals surface area contributed by atoms with Gasteiger partial charge in [-0.25, -0.2) is 4.98 Å². The molecular weight excluding hydrogens is 273 g/mol. The zero-order valence-electron chi connectivity index (χ0n) is 8.33. The lowest BCUT2D eigenvalue weighted by Crippen LogP contribution is -2.05. The summed E-state index contributed by atoms with van der Waals surface area (Å²) < 4.78 is 41.6. The Hall–Kier alpha value is -1.14. The number of aromatic nitrogens is 2. The van der Waals surface area contributed by atoms with Crippen molar-refractivity contribution >= 4 is 23.1 Å². The molecule has 0 saturated heterocycles. The Bertz CT molecular complexity index is 524. The van der Waals surface area contributed by atoms with Crippen LogP contribution in [0.25, 0.3) is 0 Å². The number of halogens is 4. The first kappa shape index (κ1) is 12.3. The second-order valence-corrected chi connectivity index (χ2v) is 4.67. The molecule has 17 heavy (non-hydrogen) atoms. The molecule has 0 aliphatic heterocycles. The molecule has 0 N–H and O–H groups in total. The molecule has 2 rings (SSSR count). The van der Waals surface area contributed by atoms with E-state index in [1.54, 1.807) is 6.07 Å². The maximum atomic E-state index is 12.5. The van der Waals surface area contributed by atoms with Gasteiger partial charge in [-0.3, -0.25) is 0 Å². The van der Waals surface area contributed by atoms with Gasteiger partial charge >= 0.3 is 6.18 Å². The second kappa shape index (κ2) is 4.62. The van der Waals surface area contributed by atoms with Gasteiger partial charge < -0.3 is 0 Å². The molecule has 0 amide bonds. The van der Waals surface area contributed by atoms with Gasteiger partial charge in [0.1, 0.15) is 5.82 Å². The quantitative estimate of drug-likeness (QED) is 0.835. The highest BCUT2D eigenvalue weighted by Gasteiger charge is 2.30. The summed E-state index contributed by atoms with van der Waals surface area (Å²) in [6.07, 6.45) is -4.09. The second-order valence-electron chi connectivity index (χ2n) is 3.34. The number of alkyl halides is 3. The van der Waals surface area contributed by atoms with Gasteiger partial charge in [-0.2, -0.15) is 17.5 Å². The van der Waals surface area contributed by atoms with Crippen molar-refractivity contribution < 1.29 is 13.2 Å². The van der Waals surface area contributed by atoms with E-state index < -0.39 is 11.7 Å². The summed E-state index contributed by atoms with van der Waals surface area (Å²) in [6, 6.07) is 5.09. The number of rotatable bonds is 2. The van der Waals surface area contributed by atoms with Crippen LogP contribution < -0.4 is 0 Å². The maximum Gasteiger partial charge on any atom is 0.416 e. The molecule has 1 aromatic carbocycles. The molecule has 1 aromatic heterocycles. The Balaban J connectivity index is 2.22. The topological polar surface area (TPSA) is 25.8 Å². The Kier molecular flexibility index (Phi) is 3.35. The van der Waals surface area contributed by atoms with E-state index in [0.717, 1.165) is 23.7 Å². The summed E-state index contributed by atoms with van der Waals surface area (Å²) in [4.78, 5) is 3.89. The van der Waals surface area contributed by atoms with Crippen molar-refractivity contribution in [1.29, 1.82) is 0 Å². The minimum atomic E-state index is -4.33. The monoisotopic (exact) mass is 278 g/mol. The molecule has 2 nitrogen and oxygen atoms in total. The lowest BCUT2D eigenvalue weighted by Gasteiger charge is -2.07. The van der Waals surface area contributed by atoms with Crippen LogP contribution in [0.2, 0.25) is 4.47 Å². The molecule has 1 heterocycles. The number of nitrogens with zero attached hydrogens (tertiary/aromatic N) is 2. The van der Waals surface area contributed by atoms with Crippen LogP contribution in [-0.2, 0) is 12.6 Å². The smallest absolute Gasteiger partial charge is 0.208 e. The third kappa shape index (κ3) is 3.17. The first-order chi connectivity index (χ1) is 7.95. The molecular formula is C10H6ClF3N2S. The van der Waals surface area contributed by atoms with Crippen LogP contribution in [0.5, 0.6) is 0 Å². The van der Waals surface area contributed by atoms with Gasteiger partial charge in [-0.05, 0) is 34.8 Å². The molecule has 0 bridgehead atoms. The van der Waals surface area contributed by atoms with Crippen LogP contribution in [0.15, 0.2) is 24.3 Å². The SMILES string of the molecule is FC(F)(F)c1cccc(Cc2nsc(Cl)n2)c1. The van der Waals surface area contributed by atoms with Crippen LogP contribution in [-0.4, -0.2) is 9.36 Å². The van der Waals surface area contributed by atoms with Crippen molar-refractivity contribution in [1.82, 2.24) is 9.36 Å². The minimum Gasteiger partial charge on any atom is -0.208 e. The van der Waals surface area contributed by atoms with Gasteiger partial charge in [0, 0.05) is 6.42 Å². The van der Waals surface area contributed by atoms with E-state index in [9.17, 15) is 13.2 Å². The predicted molar refractivity (Wildman–Crippen MR) is 59.2 cm³/mol. The molecule has 0 unspecified atom stereocenters. The van der Waals surface area contributed by atoms with Gasteiger partial charge in [-0.1, -0.05) is 18.2 Å². The van der Waals surface area contributed by atoms with Crippen LogP contribution >= 0.6 is 23.1 Å². The van der Waals surface area contributed by atoms with E-state index >= 15 is 0 Å². The average Bonchev–Trinajstić information content (AvgIpc) is 2.63. The van der Waals surface area contributed by atoms with Crippen molar-refractivity contribution in [2.75, 3.05) is 0 Å². The van der Waals surface area contributed by atoms with Gasteiger partial charge in [0.15, 0.2) is 0 Å². The molecule has 7 heteroatoms. The van der Waals surface area contributed by atoms with E-state index in [2.05, 4.69) is 9.36 Å². The van der Waals surface area contributed by atoms with Crippen LogP contribution in [0.3, 0.4) is 0 Å². The van der Waals surface area contributed by atoms with Gasteiger partial charge in [0.25, 0.3) is 0 Å². The van der Waals surface area contributed by atoms with Crippen molar-refractivity contribution in [2.45, 2.75) is 12.6 Å². The van der Waals surface area contributed by atoms with Crippen LogP contribution in [0.1, 0.15) is 17.0 Å². The third-order valence-electron chi connectivity index (χ3n) is 2.06. The van der Waals surface area contributed by atoms with Crippen molar-refractivity contribution in [3.05, 3.63) is 45.7 Å². The van der Waals surface area contributed by atoms with Crippen LogP contribution in [0, 0.1) is 0 Å². The van der Waals surface area contributed by atoms with E-state index in [1.807, 2.05) is 0 Å². The molecule has 0 atom stereocenters. The summed E-state index contributed by atoms with van der Waals surface area (Å²) in [5.41, 5.74) is -0.161. The number of benzene rings is 1. The standard InChI is InChI=1S/C10H6ClF3N2S/c11-9-15-8(16-17-9)5-6-2-1-3-7(4-6)10(12,13)14/h1-4H,5H2. The van der Waals surface area contributed by atoms with E-state index in [0.29, 0.717) is 11.4 Å². The van der Waals surface area contributed by atoms with Crippen LogP contribution in [0.4, 0.5) is 13.2 Å². The Morgan fingerprint density at radius 1 is 1.29 bits per heavy atom. The van der Waals surface area contributed by atoms with Gasteiger partial charge in [0.2, 0.25) is 4.47 Å². The van der Waals surface area contributed by atoms with E-state index in [4.69, 9.17) is 11.6 Å². The molecule has 0 aliphatic carbocycles. The molecule has 0 fully saturated rings. The normalized spacial score (nSPS) is 11.8. The molecule has 0 aliphatic rings. The summed E-state index contributed by atoms with van der Waals surface area (Å²) >= 11 is 6.61. The number of hydrogen-bond acceptors (Lipinski definition) is 3. The fraction of sp³-hybridized carbons (Fsp3) is 0.200. The summed E-state index contributed by atoms with van der Waals surface area (Å²) in [5.74, 6) is 0.430. The average molecular weight is 279 g/mol. The van der Waals surface area contributed by atoms with Gasteiger partial charge in [-0.15, -0.1) is 0 Å². The van der Waals surface area contributed by atoms with Crippen molar-refractivity contribution in [2.24, 2.45) is 0 Å². The Labute approximate surface area is 104 Å². The molecule has 90 valence electrons. The van der Waals surface area contributed by atoms with Crippen molar-refractivity contribution in [3.8, 4) is 0 Å². The lowest BCUT2D eigenvalue weighted by atomic mass is 10.1. The Morgan fingerprint density at radius 2 is 2.06 bits per heavy atom. The Morgan fingerprint density at radius 3 is 2.65 bits per heavy atom. The van der Waals surface area contributed by atoms with E-state index in [1.165, 1.54) is 6.07 Å². The summed E-state index contributed by atoms with van der Waals surface area (Å²) in [6.45, 7) is 0. The lowest BCUT2D eigenvalue weighted by molar-refractivity contribution is -0.137. The first-order valence-corrected chi connectivity index (χ1v) is 5.74. The third-order valence-corrected chi connectivity index (χ3v) is 2.90. The maximum absolute atomic E-state index is 12.5. The zero-order valence-corrected chi connectivity index (χ0v) is 9.90. The molecule has 0 saturated carbocycles. The van der Waals surface area contributed by atoms with Gasteiger partial charge in [0.05, 0.1) is 5.56 Å². The summed E-state index contributed by atoms with van der Waals surface area (Å²) in [7, 11) is 0. The molecule has 2 aromatic rings. The number of hydrogen-bond donors (Lipinski definition) is 0. The van der Waals surface area contributed by atoms with E-state index in [-0.39, 0.29) is 10.9 Å². The first-order valence-electron chi connectivity index (χ1n) is 4.59. The summed E-state index contributed by atoms with van der Waals surface area (Å²) in [5, 5.41) is 0.